The molecule has 1 amide bonds. The smallest absolute Gasteiger partial charge is 0.266 e. The van der Waals surface area contributed by atoms with Crippen LogP contribution in [-0.4, -0.2) is 22.5 Å². The van der Waals surface area contributed by atoms with Gasteiger partial charge < -0.3 is 4.74 Å². The molecule has 33 heavy (non-hydrogen) atoms. The van der Waals surface area contributed by atoms with Gasteiger partial charge in [-0.1, -0.05) is 79.6 Å². The second-order valence-corrected chi connectivity index (χ2v) is 8.97. The number of ether oxygens (including phenoxy) is 1. The molecule has 0 spiro atoms. The Morgan fingerprint density at radius 1 is 0.970 bits per heavy atom. The minimum atomic E-state index is -0.00262. The van der Waals surface area contributed by atoms with Crippen LogP contribution >= 0.6 is 11.8 Å². The second-order valence-electron chi connectivity index (χ2n) is 7.96. The van der Waals surface area contributed by atoms with Gasteiger partial charge in [0.25, 0.3) is 5.91 Å². The summed E-state index contributed by atoms with van der Waals surface area (Å²) in [7, 11) is 0. The average Bonchev–Trinajstić information content (AvgIpc) is 3.13. The molecule has 1 aliphatic rings. The maximum absolute atomic E-state index is 13.3. The van der Waals surface area contributed by atoms with E-state index >= 15 is 0 Å². The predicted molar refractivity (Wildman–Crippen MR) is 138 cm³/mol. The molecule has 1 aliphatic heterocycles. The number of hydrogen-bond acceptors (Lipinski definition) is 4. The van der Waals surface area contributed by atoms with Crippen LogP contribution in [0.3, 0.4) is 0 Å². The summed E-state index contributed by atoms with van der Waals surface area (Å²) in [4.78, 5) is 20.5. The molecule has 1 heterocycles. The zero-order valence-electron chi connectivity index (χ0n) is 19.0. The molecule has 3 aromatic rings. The first-order valence-corrected chi connectivity index (χ1v) is 12.1. The maximum atomic E-state index is 13.3. The number of amides is 1. The lowest BCUT2D eigenvalue weighted by Crippen LogP contribution is -2.30. The molecule has 4 nitrogen and oxygen atoms in total. The van der Waals surface area contributed by atoms with Crippen molar-refractivity contribution in [1.29, 1.82) is 0 Å². The third-order valence-corrected chi connectivity index (χ3v) is 6.33. The van der Waals surface area contributed by atoms with Crippen molar-refractivity contribution >= 4 is 34.6 Å². The molecule has 0 saturated carbocycles. The molecule has 0 N–H and O–H groups in total. The molecule has 1 saturated heterocycles. The first-order valence-electron chi connectivity index (χ1n) is 11.3. The summed E-state index contributed by atoms with van der Waals surface area (Å²) in [5.41, 5.74) is 4.02. The van der Waals surface area contributed by atoms with E-state index in [-0.39, 0.29) is 5.91 Å². The fourth-order valence-electron chi connectivity index (χ4n) is 3.44. The first kappa shape index (κ1) is 22.9. The van der Waals surface area contributed by atoms with Crippen LogP contribution in [0, 0.1) is 6.92 Å². The number of thioether (sulfide) groups is 1. The lowest BCUT2D eigenvalue weighted by atomic mass is 10.1. The molecule has 0 radical (unpaired) electrons. The molecule has 0 aliphatic carbocycles. The Kier molecular flexibility index (Phi) is 7.63. The van der Waals surface area contributed by atoms with Gasteiger partial charge in [0.2, 0.25) is 0 Å². The van der Waals surface area contributed by atoms with Gasteiger partial charge in [0.15, 0.2) is 5.17 Å². The summed E-state index contributed by atoms with van der Waals surface area (Å²) in [6.45, 7) is 5.32. The summed E-state index contributed by atoms with van der Waals surface area (Å²) in [5, 5.41) is 0.728. The summed E-state index contributed by atoms with van der Waals surface area (Å²) in [6, 6.07) is 25.9. The summed E-state index contributed by atoms with van der Waals surface area (Å²) >= 11 is 1.43. The van der Waals surface area contributed by atoms with Crippen molar-refractivity contribution < 1.29 is 9.53 Å². The van der Waals surface area contributed by atoms with Gasteiger partial charge in [-0.15, -0.1) is 0 Å². The Hall–Kier alpha value is -3.31. The fraction of sp³-hybridized carbons (Fsp3) is 0.214. The highest BCUT2D eigenvalue weighted by molar-refractivity contribution is 8.18. The summed E-state index contributed by atoms with van der Waals surface area (Å²) < 4.78 is 6.09. The maximum Gasteiger partial charge on any atom is 0.266 e. The fourth-order valence-corrected chi connectivity index (χ4v) is 4.46. The van der Waals surface area contributed by atoms with Crippen molar-refractivity contribution in [3.05, 3.63) is 100 Å². The van der Waals surface area contributed by atoms with E-state index in [0.717, 1.165) is 40.6 Å². The van der Waals surface area contributed by atoms with E-state index < -0.39 is 0 Å². The van der Waals surface area contributed by atoms with E-state index in [9.17, 15) is 4.79 Å². The molecule has 0 unspecified atom stereocenters. The van der Waals surface area contributed by atoms with Gasteiger partial charge in [-0.05, 0) is 54.9 Å². The van der Waals surface area contributed by atoms with Crippen LogP contribution in [0.25, 0.3) is 6.08 Å². The standard InChI is InChI=1S/C28H28N2O2S/c1-3-4-18-30-27(31)26(33-28(30)29-24-16-14-21(2)15-17-24)19-23-12-8-9-13-25(23)32-20-22-10-6-5-7-11-22/h5-17,19H,3-4,18,20H2,1-2H3/b26-19+,29-28?. The van der Waals surface area contributed by atoms with Crippen molar-refractivity contribution in [3.63, 3.8) is 0 Å². The Morgan fingerprint density at radius 3 is 2.45 bits per heavy atom. The third-order valence-electron chi connectivity index (χ3n) is 5.32. The van der Waals surface area contributed by atoms with Gasteiger partial charge >= 0.3 is 0 Å². The minimum Gasteiger partial charge on any atom is -0.488 e. The Bertz CT molecular complexity index is 1150. The van der Waals surface area contributed by atoms with Crippen LogP contribution in [0.15, 0.2) is 88.8 Å². The number of nitrogens with zero attached hydrogens (tertiary/aromatic N) is 2. The molecule has 0 bridgehead atoms. The lowest BCUT2D eigenvalue weighted by molar-refractivity contribution is -0.122. The van der Waals surface area contributed by atoms with Crippen molar-refractivity contribution in [2.24, 2.45) is 4.99 Å². The number of rotatable bonds is 8. The quantitative estimate of drug-likeness (QED) is 0.343. The average molecular weight is 457 g/mol. The number of carbonyl (C=O) groups excluding carboxylic acids is 1. The van der Waals surface area contributed by atoms with Crippen molar-refractivity contribution in [2.45, 2.75) is 33.3 Å². The van der Waals surface area contributed by atoms with Crippen LogP contribution < -0.4 is 4.74 Å². The van der Waals surface area contributed by atoms with E-state index in [0.29, 0.717) is 18.1 Å². The van der Waals surface area contributed by atoms with E-state index in [1.165, 1.54) is 17.3 Å². The topological polar surface area (TPSA) is 41.9 Å². The molecule has 3 aromatic carbocycles. The van der Waals surface area contributed by atoms with E-state index in [1.807, 2.05) is 84.9 Å². The monoisotopic (exact) mass is 456 g/mol. The second kappa shape index (κ2) is 11.0. The summed E-state index contributed by atoms with van der Waals surface area (Å²) in [5.74, 6) is 0.753. The van der Waals surface area contributed by atoms with Gasteiger partial charge in [-0.2, -0.15) is 0 Å². The number of aryl methyl sites for hydroxylation is 1. The number of aliphatic imine (C=N–C) groups is 1. The van der Waals surface area contributed by atoms with Gasteiger partial charge in [-0.25, -0.2) is 4.99 Å². The van der Waals surface area contributed by atoms with E-state index in [4.69, 9.17) is 9.73 Å². The van der Waals surface area contributed by atoms with Crippen LogP contribution in [0.2, 0.25) is 0 Å². The Labute approximate surface area is 200 Å². The molecule has 0 atom stereocenters. The number of para-hydroxylation sites is 1. The molecule has 1 fully saturated rings. The Morgan fingerprint density at radius 2 is 1.70 bits per heavy atom. The SMILES string of the molecule is CCCCN1C(=O)/C(=C\c2ccccc2OCc2ccccc2)SC1=Nc1ccc(C)cc1. The molecule has 5 heteroatoms. The van der Waals surface area contributed by atoms with Crippen LogP contribution in [0.5, 0.6) is 5.75 Å². The van der Waals surface area contributed by atoms with Crippen molar-refractivity contribution in [1.82, 2.24) is 4.90 Å². The third kappa shape index (κ3) is 5.93. The zero-order chi connectivity index (χ0) is 23.0. The first-order chi connectivity index (χ1) is 16.1. The molecular weight excluding hydrogens is 428 g/mol. The zero-order valence-corrected chi connectivity index (χ0v) is 19.8. The minimum absolute atomic E-state index is 0.00262. The largest absolute Gasteiger partial charge is 0.488 e. The highest BCUT2D eigenvalue weighted by atomic mass is 32.2. The molecule has 168 valence electrons. The van der Waals surface area contributed by atoms with Gasteiger partial charge in [-0.3, -0.25) is 9.69 Å². The van der Waals surface area contributed by atoms with Crippen LogP contribution in [0.4, 0.5) is 5.69 Å². The normalized spacial score (nSPS) is 16.1. The number of amidine groups is 1. The molecule has 4 rings (SSSR count). The van der Waals surface area contributed by atoms with Crippen molar-refractivity contribution in [3.8, 4) is 5.75 Å². The number of carbonyl (C=O) groups is 1. The number of hydrogen-bond donors (Lipinski definition) is 0. The highest BCUT2D eigenvalue weighted by Gasteiger charge is 2.33. The van der Waals surface area contributed by atoms with E-state index in [2.05, 4.69) is 13.8 Å². The Balaban J connectivity index is 1.60. The van der Waals surface area contributed by atoms with Gasteiger partial charge in [0.1, 0.15) is 12.4 Å². The molecule has 0 aromatic heterocycles. The molecular formula is C28H28N2O2S. The van der Waals surface area contributed by atoms with Gasteiger partial charge in [0, 0.05) is 12.1 Å². The van der Waals surface area contributed by atoms with E-state index in [1.54, 1.807) is 4.90 Å². The summed E-state index contributed by atoms with van der Waals surface area (Å²) in [6.07, 6.45) is 3.87. The number of benzene rings is 3. The lowest BCUT2D eigenvalue weighted by Gasteiger charge is -2.14. The van der Waals surface area contributed by atoms with Crippen molar-refractivity contribution in [2.75, 3.05) is 6.54 Å². The van der Waals surface area contributed by atoms with Crippen LogP contribution in [0.1, 0.15) is 36.5 Å². The predicted octanol–water partition coefficient (Wildman–Crippen LogP) is 6.98. The van der Waals surface area contributed by atoms with Crippen LogP contribution in [-0.2, 0) is 11.4 Å². The number of unbranched alkanes of at least 4 members (excludes halogenated alkanes) is 1. The highest BCUT2D eigenvalue weighted by Crippen LogP contribution is 2.36. The van der Waals surface area contributed by atoms with Gasteiger partial charge in [0.05, 0.1) is 10.6 Å².